The largest absolute Gasteiger partial charge is 0.466 e. The Morgan fingerprint density at radius 2 is 2.11 bits per heavy atom. The number of halogens is 3. The van der Waals surface area contributed by atoms with Crippen molar-refractivity contribution in [2.45, 2.75) is 6.04 Å². The summed E-state index contributed by atoms with van der Waals surface area (Å²) in [4.78, 5) is 21.2. The number of rotatable bonds is 5. The van der Waals surface area contributed by atoms with Gasteiger partial charge in [-0.25, -0.2) is 9.18 Å². The summed E-state index contributed by atoms with van der Waals surface area (Å²) in [6.07, 6.45) is 3.30. The first kappa shape index (κ1) is 19.7. The van der Waals surface area contributed by atoms with E-state index in [9.17, 15) is 9.18 Å². The Balaban J connectivity index is 2.18. The zero-order valence-corrected chi connectivity index (χ0v) is 17.1. The summed E-state index contributed by atoms with van der Waals surface area (Å²) in [6.45, 7) is 0.365. The molecule has 27 heavy (non-hydrogen) atoms. The van der Waals surface area contributed by atoms with Crippen molar-refractivity contribution in [2.75, 3.05) is 13.7 Å². The summed E-state index contributed by atoms with van der Waals surface area (Å²) in [5.41, 5.74) is 2.22. The number of methoxy groups -OCH3 is 1. The van der Waals surface area contributed by atoms with Gasteiger partial charge in [-0.3, -0.25) is 13.5 Å². The van der Waals surface area contributed by atoms with E-state index < -0.39 is 17.8 Å². The first-order valence-corrected chi connectivity index (χ1v) is 9.35. The van der Waals surface area contributed by atoms with Crippen molar-refractivity contribution in [1.82, 2.24) is 13.8 Å². The molecule has 140 valence electrons. The molecule has 1 unspecified atom stereocenters. The summed E-state index contributed by atoms with van der Waals surface area (Å²) < 4.78 is 21.5. The van der Waals surface area contributed by atoms with Crippen LogP contribution in [0.1, 0.15) is 17.2 Å². The van der Waals surface area contributed by atoms with Crippen LogP contribution in [0.3, 0.4) is 0 Å². The second-order valence-corrected chi connectivity index (χ2v) is 6.77. The standard InChI is InChI=1S/C18H15ClFIN4O2/c1-27-18(26)15-14(9-23-21)24-17(10-4-6-22-7-5-10)25-16(15)12-3-2-11(20)8-13(12)19/h2-8,16,23H,9H2,1H3,(H,24,25). The molecule has 6 nitrogen and oxygen atoms in total. The minimum absolute atomic E-state index is 0.183. The molecule has 0 saturated carbocycles. The van der Waals surface area contributed by atoms with Gasteiger partial charge in [-0.2, -0.15) is 0 Å². The lowest BCUT2D eigenvalue weighted by molar-refractivity contribution is -0.136. The molecule has 0 aliphatic carbocycles. The van der Waals surface area contributed by atoms with Crippen molar-refractivity contribution in [3.63, 3.8) is 0 Å². The SMILES string of the molecule is COC(=O)C1=C(CNI)NC(c2ccncc2)=NC1c1ccc(F)cc1Cl. The molecule has 0 spiro atoms. The van der Waals surface area contributed by atoms with Gasteiger partial charge in [-0.05, 0) is 24.3 Å². The summed E-state index contributed by atoms with van der Waals surface area (Å²) in [6, 6.07) is 6.87. The number of benzene rings is 1. The van der Waals surface area contributed by atoms with E-state index in [1.54, 1.807) is 24.5 Å². The lowest BCUT2D eigenvalue weighted by atomic mass is 9.95. The van der Waals surface area contributed by atoms with E-state index in [-0.39, 0.29) is 5.02 Å². The van der Waals surface area contributed by atoms with Crippen molar-refractivity contribution < 1.29 is 13.9 Å². The van der Waals surface area contributed by atoms with Gasteiger partial charge in [0.15, 0.2) is 0 Å². The molecule has 1 aliphatic rings. The molecule has 1 aromatic heterocycles. The highest BCUT2D eigenvalue weighted by Crippen LogP contribution is 2.36. The second kappa shape index (κ2) is 8.77. The Kier molecular flexibility index (Phi) is 6.40. The van der Waals surface area contributed by atoms with Crippen LogP contribution < -0.4 is 8.85 Å². The van der Waals surface area contributed by atoms with E-state index in [0.717, 1.165) is 5.56 Å². The number of amidine groups is 1. The summed E-state index contributed by atoms with van der Waals surface area (Å²) in [5.74, 6) is -0.446. The van der Waals surface area contributed by atoms with Crippen molar-refractivity contribution >= 4 is 46.3 Å². The number of nitrogens with zero attached hydrogens (tertiary/aromatic N) is 2. The highest BCUT2D eigenvalue weighted by Gasteiger charge is 2.33. The molecule has 2 heterocycles. The van der Waals surface area contributed by atoms with E-state index in [0.29, 0.717) is 29.2 Å². The molecule has 2 N–H and O–H groups in total. The molecule has 3 rings (SSSR count). The minimum atomic E-state index is -0.741. The van der Waals surface area contributed by atoms with E-state index in [4.69, 9.17) is 16.3 Å². The molecule has 0 saturated heterocycles. The predicted molar refractivity (Wildman–Crippen MR) is 109 cm³/mol. The van der Waals surface area contributed by atoms with Gasteiger partial charge < -0.3 is 10.1 Å². The molecule has 0 fully saturated rings. The quantitative estimate of drug-likeness (QED) is 0.374. The molecule has 2 aromatic rings. The smallest absolute Gasteiger partial charge is 0.338 e. The van der Waals surface area contributed by atoms with Crippen molar-refractivity contribution in [1.29, 1.82) is 0 Å². The van der Waals surface area contributed by atoms with Gasteiger partial charge >= 0.3 is 5.97 Å². The maximum Gasteiger partial charge on any atom is 0.338 e. The Labute approximate surface area is 174 Å². The minimum Gasteiger partial charge on any atom is -0.466 e. The highest BCUT2D eigenvalue weighted by molar-refractivity contribution is 14.1. The van der Waals surface area contributed by atoms with Crippen molar-refractivity contribution in [3.8, 4) is 0 Å². The molecule has 0 bridgehead atoms. The maximum atomic E-state index is 13.5. The number of aromatic nitrogens is 1. The fraction of sp³-hybridized carbons (Fsp3) is 0.167. The predicted octanol–water partition coefficient (Wildman–Crippen LogP) is 3.33. The van der Waals surface area contributed by atoms with Crippen LogP contribution in [0.2, 0.25) is 5.02 Å². The first-order valence-electron chi connectivity index (χ1n) is 7.90. The number of esters is 1. The zero-order valence-electron chi connectivity index (χ0n) is 14.2. The van der Waals surface area contributed by atoms with Crippen LogP contribution in [-0.4, -0.2) is 30.4 Å². The first-order chi connectivity index (χ1) is 13.0. The van der Waals surface area contributed by atoms with Gasteiger partial charge in [0.1, 0.15) is 17.7 Å². The average molecular weight is 501 g/mol. The number of hydrogen-bond donors (Lipinski definition) is 2. The molecule has 0 amide bonds. The van der Waals surface area contributed by atoms with E-state index in [2.05, 4.69) is 18.8 Å². The highest BCUT2D eigenvalue weighted by atomic mass is 127. The molecular formula is C18H15ClFIN4O2. The number of ether oxygens (including phenoxy) is 1. The number of pyridine rings is 1. The van der Waals surface area contributed by atoms with Gasteiger partial charge in [0.2, 0.25) is 0 Å². The van der Waals surface area contributed by atoms with Crippen LogP contribution in [0.15, 0.2) is 59.0 Å². The van der Waals surface area contributed by atoms with Crippen molar-refractivity contribution in [3.05, 3.63) is 76.0 Å². The Hall–Kier alpha value is -2.04. The van der Waals surface area contributed by atoms with Crippen LogP contribution in [0.5, 0.6) is 0 Å². The molecule has 9 heteroatoms. The normalized spacial score (nSPS) is 16.6. The van der Waals surface area contributed by atoms with Gasteiger partial charge in [-0.1, -0.05) is 17.7 Å². The van der Waals surface area contributed by atoms with Gasteiger partial charge in [-0.15, -0.1) is 0 Å². The zero-order chi connectivity index (χ0) is 19.4. The average Bonchev–Trinajstić information content (AvgIpc) is 2.68. The number of carbonyl (C=O) groups excluding carboxylic acids is 1. The third kappa shape index (κ3) is 4.28. The third-order valence-corrected chi connectivity index (χ3v) is 4.69. The van der Waals surface area contributed by atoms with Crippen LogP contribution in [0.4, 0.5) is 4.39 Å². The third-order valence-electron chi connectivity index (χ3n) is 3.99. The monoisotopic (exact) mass is 500 g/mol. The fourth-order valence-corrected chi connectivity index (χ4v) is 3.41. The van der Waals surface area contributed by atoms with Gasteiger partial charge in [0.05, 0.1) is 12.7 Å². The Morgan fingerprint density at radius 3 is 2.74 bits per heavy atom. The number of aliphatic imine (C=N–C) groups is 1. The molecule has 1 atom stereocenters. The fourth-order valence-electron chi connectivity index (χ4n) is 2.76. The lowest BCUT2D eigenvalue weighted by Gasteiger charge is -2.27. The van der Waals surface area contributed by atoms with E-state index in [1.807, 2.05) is 22.9 Å². The second-order valence-electron chi connectivity index (χ2n) is 5.60. The molecule has 1 aliphatic heterocycles. The molecule has 1 aromatic carbocycles. The topological polar surface area (TPSA) is 75.6 Å². The van der Waals surface area contributed by atoms with Gasteiger partial charge in [0.25, 0.3) is 0 Å². The van der Waals surface area contributed by atoms with Crippen LogP contribution in [0.25, 0.3) is 0 Å². The lowest BCUT2D eigenvalue weighted by Crippen LogP contribution is -2.36. The summed E-state index contributed by atoms with van der Waals surface area (Å²) >= 11 is 8.25. The Morgan fingerprint density at radius 1 is 1.37 bits per heavy atom. The van der Waals surface area contributed by atoms with E-state index in [1.165, 1.54) is 25.3 Å². The number of carbonyl (C=O) groups is 1. The summed E-state index contributed by atoms with van der Waals surface area (Å²) in [7, 11) is 1.30. The Bertz CT molecular complexity index is 921. The molecule has 0 radical (unpaired) electrons. The molecular weight excluding hydrogens is 486 g/mol. The van der Waals surface area contributed by atoms with E-state index >= 15 is 0 Å². The van der Waals surface area contributed by atoms with Crippen LogP contribution in [-0.2, 0) is 9.53 Å². The van der Waals surface area contributed by atoms with Crippen LogP contribution >= 0.6 is 34.5 Å². The summed E-state index contributed by atoms with van der Waals surface area (Å²) in [5, 5.41) is 3.37. The van der Waals surface area contributed by atoms with Crippen LogP contribution in [0, 0.1) is 5.82 Å². The van der Waals surface area contributed by atoms with Gasteiger partial charge in [0, 0.05) is 63.6 Å². The maximum absolute atomic E-state index is 13.5. The number of hydrogen-bond acceptors (Lipinski definition) is 6. The number of nitrogens with one attached hydrogen (secondary N) is 2. The van der Waals surface area contributed by atoms with Crippen molar-refractivity contribution in [2.24, 2.45) is 4.99 Å².